The van der Waals surface area contributed by atoms with Gasteiger partial charge in [-0.3, -0.25) is 4.79 Å². The van der Waals surface area contributed by atoms with Crippen LogP contribution in [-0.2, 0) is 9.53 Å². The van der Waals surface area contributed by atoms with Crippen LogP contribution in [0, 0.1) is 0 Å². The maximum absolute atomic E-state index is 10.4. The lowest BCUT2D eigenvalue weighted by Gasteiger charge is -2.13. The van der Waals surface area contributed by atoms with Gasteiger partial charge >= 0.3 is 0 Å². The van der Waals surface area contributed by atoms with Gasteiger partial charge in [-0.15, -0.1) is 0 Å². The van der Waals surface area contributed by atoms with E-state index in [2.05, 4.69) is 4.74 Å². The average Bonchev–Trinajstić information content (AvgIpc) is 2.42. The smallest absolute Gasteiger partial charge is 0.255 e. The zero-order valence-electron chi connectivity index (χ0n) is 4.63. The fraction of sp³-hybridized carbons (Fsp3) is 0.750. The van der Waals surface area contributed by atoms with Crippen LogP contribution in [-0.4, -0.2) is 23.6 Å². The quantitative estimate of drug-likeness (QED) is 0.294. The van der Waals surface area contributed by atoms with E-state index < -0.39 is 17.0 Å². The topological polar surface area (TPSA) is 81.6 Å². The minimum Gasteiger partial charge on any atom is -0.369 e. The van der Waals surface area contributed by atoms with Crippen molar-refractivity contribution in [2.24, 2.45) is 11.5 Å². The molecule has 2 unspecified atom stereocenters. The zero-order chi connectivity index (χ0) is 7.07. The van der Waals surface area contributed by atoms with E-state index in [9.17, 15) is 4.79 Å². The van der Waals surface area contributed by atoms with Gasteiger partial charge in [0, 0.05) is 0 Å². The third-order valence-corrected chi connectivity index (χ3v) is 1.61. The normalized spacial score (nSPS) is 31.1. The van der Waals surface area contributed by atoms with Crippen LogP contribution in [0.3, 0.4) is 0 Å². The first-order valence-electron chi connectivity index (χ1n) is 2.44. The minimum atomic E-state index is -1.50. The largest absolute Gasteiger partial charge is 0.369 e. The molecule has 1 saturated heterocycles. The highest BCUT2D eigenvalue weighted by molar-refractivity contribution is 6.34. The molecule has 4 N–H and O–H groups in total. The first kappa shape index (κ1) is 6.80. The monoisotopic (exact) mass is 150 g/mol. The van der Waals surface area contributed by atoms with Gasteiger partial charge in [-0.05, 0) is 0 Å². The van der Waals surface area contributed by atoms with Crippen LogP contribution in [0.15, 0.2) is 0 Å². The van der Waals surface area contributed by atoms with Gasteiger partial charge in [0.1, 0.15) is 6.10 Å². The molecule has 0 saturated carbocycles. The second-order valence-corrected chi connectivity index (χ2v) is 2.58. The summed E-state index contributed by atoms with van der Waals surface area (Å²) in [5.74, 6) is -0.744. The highest BCUT2D eigenvalue weighted by atomic mass is 35.5. The molecule has 0 bridgehead atoms. The third-order valence-electron chi connectivity index (χ3n) is 1.18. The molecule has 4 nitrogen and oxygen atoms in total. The van der Waals surface area contributed by atoms with E-state index >= 15 is 0 Å². The number of amides is 1. The number of carbonyl (C=O) groups is 1. The molecule has 1 aliphatic rings. The fourth-order valence-corrected chi connectivity index (χ4v) is 0.575. The van der Waals surface area contributed by atoms with E-state index in [-0.39, 0.29) is 0 Å². The predicted octanol–water partition coefficient (Wildman–Crippen LogP) is -1.24. The van der Waals surface area contributed by atoms with E-state index in [1.165, 1.54) is 0 Å². The Kier molecular flexibility index (Phi) is 1.38. The number of hydrogen-bond donors (Lipinski definition) is 2. The van der Waals surface area contributed by atoms with Gasteiger partial charge in [0.25, 0.3) is 5.91 Å². The van der Waals surface area contributed by atoms with Crippen LogP contribution in [0.1, 0.15) is 0 Å². The third kappa shape index (κ3) is 1.15. The SMILES string of the molecule is NC(=O)C(N)(Cl)C1CO1. The molecule has 1 heterocycles. The lowest BCUT2D eigenvalue weighted by Crippen LogP contribution is -2.51. The van der Waals surface area contributed by atoms with E-state index in [1.54, 1.807) is 0 Å². The number of ether oxygens (including phenoxy) is 1. The van der Waals surface area contributed by atoms with Crippen molar-refractivity contribution in [3.8, 4) is 0 Å². The minimum absolute atomic E-state index is 0.392. The molecule has 52 valence electrons. The fourth-order valence-electron chi connectivity index (χ4n) is 0.449. The molecule has 5 heteroatoms. The number of halogens is 1. The Morgan fingerprint density at radius 1 is 1.89 bits per heavy atom. The molecule has 0 aromatic rings. The van der Waals surface area contributed by atoms with E-state index in [1.807, 2.05) is 0 Å². The Morgan fingerprint density at radius 2 is 2.33 bits per heavy atom. The summed E-state index contributed by atoms with van der Waals surface area (Å²) < 4.78 is 4.68. The summed E-state index contributed by atoms with van der Waals surface area (Å²) in [6, 6.07) is 0. The van der Waals surface area contributed by atoms with Crippen molar-refractivity contribution >= 4 is 17.5 Å². The molecule has 0 aromatic carbocycles. The van der Waals surface area contributed by atoms with Crippen molar-refractivity contribution in [1.29, 1.82) is 0 Å². The Labute approximate surface area is 57.1 Å². The number of carbonyl (C=O) groups excluding carboxylic acids is 1. The van der Waals surface area contributed by atoms with Crippen LogP contribution < -0.4 is 11.5 Å². The molecule has 1 aliphatic heterocycles. The highest BCUT2D eigenvalue weighted by Crippen LogP contribution is 2.25. The maximum atomic E-state index is 10.4. The van der Waals surface area contributed by atoms with Gasteiger partial charge in [0.05, 0.1) is 6.61 Å². The summed E-state index contributed by atoms with van der Waals surface area (Å²) in [4.78, 5) is 8.89. The van der Waals surface area contributed by atoms with Crippen LogP contribution in [0.25, 0.3) is 0 Å². The summed E-state index contributed by atoms with van der Waals surface area (Å²) in [6.45, 7) is 0.420. The van der Waals surface area contributed by atoms with Gasteiger partial charge < -0.3 is 16.2 Å². The van der Waals surface area contributed by atoms with Crippen molar-refractivity contribution in [2.45, 2.75) is 11.1 Å². The average molecular weight is 151 g/mol. The van der Waals surface area contributed by atoms with E-state index in [0.717, 1.165) is 0 Å². The molecule has 0 aromatic heterocycles. The Bertz CT molecular complexity index is 144. The number of alkyl halides is 1. The first-order valence-corrected chi connectivity index (χ1v) is 2.82. The summed E-state index contributed by atoms with van der Waals surface area (Å²) in [6.07, 6.45) is -0.392. The van der Waals surface area contributed by atoms with Gasteiger partial charge in [0.2, 0.25) is 0 Å². The van der Waals surface area contributed by atoms with Gasteiger partial charge in [-0.25, -0.2) is 0 Å². The van der Waals surface area contributed by atoms with Crippen molar-refractivity contribution in [2.75, 3.05) is 6.61 Å². The van der Waals surface area contributed by atoms with Gasteiger partial charge in [0.15, 0.2) is 5.00 Å². The molecule has 0 radical (unpaired) electrons. The number of rotatable bonds is 2. The standard InChI is InChI=1S/C4H7ClN2O2/c5-4(7,3(6)8)2-1-9-2/h2H,1,7H2,(H2,6,8). The van der Waals surface area contributed by atoms with Crippen molar-refractivity contribution < 1.29 is 9.53 Å². The van der Waals surface area contributed by atoms with Crippen LogP contribution in [0.4, 0.5) is 0 Å². The number of hydrogen-bond acceptors (Lipinski definition) is 3. The van der Waals surface area contributed by atoms with Gasteiger partial charge in [-0.1, -0.05) is 11.6 Å². The molecule has 0 aliphatic carbocycles. The Balaban J connectivity index is 2.59. The van der Waals surface area contributed by atoms with Crippen molar-refractivity contribution in [1.82, 2.24) is 0 Å². The molecular formula is C4H7ClN2O2. The summed E-state index contributed by atoms with van der Waals surface area (Å²) in [5, 5.41) is 0. The highest BCUT2D eigenvalue weighted by Gasteiger charge is 2.47. The van der Waals surface area contributed by atoms with Crippen molar-refractivity contribution in [3.05, 3.63) is 0 Å². The van der Waals surface area contributed by atoms with Crippen LogP contribution >= 0.6 is 11.6 Å². The van der Waals surface area contributed by atoms with E-state index in [4.69, 9.17) is 23.1 Å². The summed E-state index contributed by atoms with van der Waals surface area (Å²) >= 11 is 5.45. The second kappa shape index (κ2) is 1.83. The summed E-state index contributed by atoms with van der Waals surface area (Å²) in [7, 11) is 0. The Morgan fingerprint density at radius 3 is 2.44 bits per heavy atom. The lowest BCUT2D eigenvalue weighted by atomic mass is 10.2. The van der Waals surface area contributed by atoms with Crippen LogP contribution in [0.5, 0.6) is 0 Å². The second-order valence-electron chi connectivity index (χ2n) is 1.95. The lowest BCUT2D eigenvalue weighted by molar-refractivity contribution is -0.120. The molecule has 1 fully saturated rings. The predicted molar refractivity (Wildman–Crippen MR) is 31.7 cm³/mol. The molecule has 1 amide bonds. The van der Waals surface area contributed by atoms with Crippen LogP contribution in [0.2, 0.25) is 0 Å². The molecule has 9 heavy (non-hydrogen) atoms. The number of primary amides is 1. The van der Waals surface area contributed by atoms with Gasteiger partial charge in [-0.2, -0.15) is 0 Å². The van der Waals surface area contributed by atoms with Crippen molar-refractivity contribution in [3.63, 3.8) is 0 Å². The molecular weight excluding hydrogens is 144 g/mol. The number of epoxide rings is 1. The molecule has 1 rings (SSSR count). The zero-order valence-corrected chi connectivity index (χ0v) is 5.39. The first-order chi connectivity index (χ1) is 4.05. The maximum Gasteiger partial charge on any atom is 0.255 e. The van der Waals surface area contributed by atoms with E-state index in [0.29, 0.717) is 6.61 Å². The Hall–Kier alpha value is -0.320. The summed E-state index contributed by atoms with van der Waals surface area (Å²) in [5.41, 5.74) is 10.1. The molecule has 0 spiro atoms. The molecule has 2 atom stereocenters. The number of nitrogens with two attached hydrogens (primary N) is 2.